The summed E-state index contributed by atoms with van der Waals surface area (Å²) in [4.78, 5) is 54.5. The lowest BCUT2D eigenvalue weighted by atomic mass is 9.78. The van der Waals surface area contributed by atoms with Gasteiger partial charge in [-0.05, 0) is 52.6 Å². The number of ether oxygens (including phenoxy) is 4. The Hall–Kier alpha value is -1.74. The number of halogens is 2. The van der Waals surface area contributed by atoms with Crippen molar-refractivity contribution in [3.05, 3.63) is 0 Å². The number of carbonyl (C=O) groups is 4. The molecule has 6 saturated heterocycles. The van der Waals surface area contributed by atoms with Crippen molar-refractivity contribution in [2.75, 3.05) is 85.0 Å². The van der Waals surface area contributed by atoms with E-state index in [4.69, 9.17) is 47.3 Å². The van der Waals surface area contributed by atoms with Crippen molar-refractivity contribution in [1.29, 1.82) is 0 Å². The molecule has 48 heavy (non-hydrogen) atoms. The number of rotatable bonds is 8. The molecule has 0 radical (unpaired) electrons. The van der Waals surface area contributed by atoms with Gasteiger partial charge in [0.25, 0.3) is 0 Å². The van der Waals surface area contributed by atoms with Gasteiger partial charge in [0.2, 0.25) is 5.91 Å². The summed E-state index contributed by atoms with van der Waals surface area (Å²) in [6, 6.07) is 0. The van der Waals surface area contributed by atoms with E-state index in [1.165, 1.54) is 13.1 Å². The first-order chi connectivity index (χ1) is 23.1. The largest absolute Gasteiger partial charge is 0.481 e. The first-order valence-corrected chi connectivity index (χ1v) is 18.5. The molecular formula is C33H56Cl2N4O9. The second-order valence-electron chi connectivity index (χ2n) is 13.1. The fraction of sp³-hybridized carbons (Fsp3) is 0.879. The lowest BCUT2D eigenvalue weighted by Gasteiger charge is -2.36. The van der Waals surface area contributed by atoms with Gasteiger partial charge in [-0.15, -0.1) is 23.2 Å². The number of esters is 2. The Kier molecular flexibility index (Phi) is 17.6. The van der Waals surface area contributed by atoms with Crippen LogP contribution in [0.2, 0.25) is 0 Å². The van der Waals surface area contributed by atoms with Gasteiger partial charge in [0, 0.05) is 52.4 Å². The van der Waals surface area contributed by atoms with E-state index in [9.17, 15) is 19.2 Å². The van der Waals surface area contributed by atoms with Crippen LogP contribution in [0.5, 0.6) is 0 Å². The average molecular weight is 724 g/mol. The zero-order chi connectivity index (χ0) is 35.2. The molecule has 0 aromatic heterocycles. The molecule has 15 heteroatoms. The SMILES string of the molecule is CCCOC(=O)C1C2CCC(O2)C1C(=O)N1CCN(C)CC1.CCCOC(=O)C1C2CCC(O2)C1C(=O)O.CN1CCNCC1.ClCCl. The summed E-state index contributed by atoms with van der Waals surface area (Å²) in [5.74, 6) is -3.61. The molecule has 276 valence electrons. The van der Waals surface area contributed by atoms with Crippen molar-refractivity contribution < 1.29 is 43.2 Å². The van der Waals surface area contributed by atoms with Crippen LogP contribution in [-0.4, -0.2) is 153 Å². The topological polar surface area (TPSA) is 147 Å². The van der Waals surface area contributed by atoms with Crippen molar-refractivity contribution in [2.24, 2.45) is 23.7 Å². The summed E-state index contributed by atoms with van der Waals surface area (Å²) in [5.41, 5.74) is 0. The van der Waals surface area contributed by atoms with Gasteiger partial charge in [-0.2, -0.15) is 0 Å². The van der Waals surface area contributed by atoms with Gasteiger partial charge in [0.15, 0.2) is 0 Å². The molecule has 13 nitrogen and oxygen atoms in total. The molecule has 4 bridgehead atoms. The third-order valence-corrected chi connectivity index (χ3v) is 9.71. The molecule has 6 aliphatic rings. The fourth-order valence-corrected chi connectivity index (χ4v) is 7.19. The lowest BCUT2D eigenvalue weighted by Crippen LogP contribution is -2.52. The summed E-state index contributed by atoms with van der Waals surface area (Å²) < 4.78 is 21.7. The van der Waals surface area contributed by atoms with Gasteiger partial charge >= 0.3 is 17.9 Å². The van der Waals surface area contributed by atoms with Gasteiger partial charge in [0.05, 0.1) is 66.6 Å². The number of hydrogen-bond donors (Lipinski definition) is 2. The molecule has 0 aromatic rings. The van der Waals surface area contributed by atoms with Gasteiger partial charge in [-0.3, -0.25) is 19.2 Å². The number of likely N-dealkylation sites (N-methyl/N-ethyl adjacent to an activating group) is 2. The molecule has 8 atom stereocenters. The molecule has 0 saturated carbocycles. The van der Waals surface area contributed by atoms with E-state index in [2.05, 4.69) is 29.2 Å². The maximum Gasteiger partial charge on any atom is 0.312 e. The van der Waals surface area contributed by atoms with Crippen LogP contribution in [0.1, 0.15) is 52.4 Å². The zero-order valence-electron chi connectivity index (χ0n) is 29.0. The number of carboxylic acids is 1. The van der Waals surface area contributed by atoms with Crippen LogP contribution in [0.4, 0.5) is 0 Å². The number of nitrogens with zero attached hydrogens (tertiary/aromatic N) is 3. The van der Waals surface area contributed by atoms with E-state index in [1.807, 2.05) is 18.7 Å². The maximum atomic E-state index is 12.9. The molecule has 0 spiro atoms. The van der Waals surface area contributed by atoms with Gasteiger partial charge < -0.3 is 44.1 Å². The third-order valence-electron chi connectivity index (χ3n) is 9.71. The highest BCUT2D eigenvalue weighted by Crippen LogP contribution is 2.45. The number of fused-ring (bicyclic) bond motifs is 4. The smallest absolute Gasteiger partial charge is 0.312 e. The van der Waals surface area contributed by atoms with Crippen molar-refractivity contribution in [1.82, 2.24) is 20.0 Å². The van der Waals surface area contributed by atoms with E-state index in [0.29, 0.717) is 13.2 Å². The number of piperazine rings is 2. The van der Waals surface area contributed by atoms with E-state index < -0.39 is 29.7 Å². The Morgan fingerprint density at radius 2 is 1.08 bits per heavy atom. The normalized spacial score (nSPS) is 32.2. The standard InChI is InChI=1S/C16H26N2O4.C11H16O5.C5H12N2.CH2Cl2/c1-3-10-21-16(20)14-12-5-4-11(22-12)13(14)15(19)18-8-6-17(2)7-9-18;1-2-5-15-11(14)9-7-4-3-6(16-7)8(9)10(12)13;1-7-4-2-6-3-5-7;2-1-3/h11-14H,3-10H2,1-2H3;6-9H,2-5H2,1H3,(H,12,13);6H,2-5H2,1H3;1H2. The predicted octanol–water partition coefficient (Wildman–Crippen LogP) is 2.27. The number of aliphatic carboxylic acids is 1. The molecular weight excluding hydrogens is 667 g/mol. The Labute approximate surface area is 295 Å². The average Bonchev–Trinajstić information content (AvgIpc) is 3.89. The van der Waals surface area contributed by atoms with Crippen LogP contribution < -0.4 is 5.32 Å². The van der Waals surface area contributed by atoms with E-state index >= 15 is 0 Å². The fourth-order valence-electron chi connectivity index (χ4n) is 7.19. The minimum atomic E-state index is -0.953. The summed E-state index contributed by atoms with van der Waals surface area (Å²) in [6.07, 6.45) is 3.99. The highest BCUT2D eigenvalue weighted by Gasteiger charge is 2.57. The van der Waals surface area contributed by atoms with Gasteiger partial charge in [0.1, 0.15) is 0 Å². The number of hydrogen-bond acceptors (Lipinski definition) is 11. The molecule has 6 rings (SSSR count). The van der Waals surface area contributed by atoms with Crippen molar-refractivity contribution in [3.63, 3.8) is 0 Å². The number of carboxylic acid groups (broad SMARTS) is 1. The monoisotopic (exact) mass is 722 g/mol. The highest BCUT2D eigenvalue weighted by molar-refractivity contribution is 6.40. The van der Waals surface area contributed by atoms with E-state index in [-0.39, 0.29) is 47.5 Å². The molecule has 6 heterocycles. The zero-order valence-corrected chi connectivity index (χ0v) is 30.5. The van der Waals surface area contributed by atoms with E-state index in [1.54, 1.807) is 0 Å². The van der Waals surface area contributed by atoms with Crippen molar-refractivity contribution in [2.45, 2.75) is 76.8 Å². The summed E-state index contributed by atoms with van der Waals surface area (Å²) in [7, 11) is 4.22. The molecule has 1 amide bonds. The molecule has 0 aliphatic carbocycles. The Morgan fingerprint density at radius 1 is 0.688 bits per heavy atom. The van der Waals surface area contributed by atoms with Crippen LogP contribution in [0, 0.1) is 23.7 Å². The quantitative estimate of drug-likeness (QED) is 0.280. The molecule has 6 fully saturated rings. The summed E-state index contributed by atoms with van der Waals surface area (Å²) in [5, 5.41) is 12.6. The molecule has 8 unspecified atom stereocenters. The Balaban J connectivity index is 0.000000209. The number of carbonyl (C=O) groups excluding carboxylic acids is 3. The number of nitrogens with one attached hydrogen (secondary N) is 1. The van der Waals surface area contributed by atoms with Crippen LogP contribution >= 0.6 is 23.2 Å². The third kappa shape index (κ3) is 11.1. The lowest BCUT2D eigenvalue weighted by molar-refractivity contribution is -0.158. The second kappa shape index (κ2) is 20.8. The van der Waals surface area contributed by atoms with Crippen LogP contribution in [0.15, 0.2) is 0 Å². The molecule has 2 N–H and O–H groups in total. The maximum absolute atomic E-state index is 12.9. The van der Waals surface area contributed by atoms with E-state index in [0.717, 1.165) is 77.8 Å². The van der Waals surface area contributed by atoms with Gasteiger partial charge in [-0.1, -0.05) is 13.8 Å². The minimum Gasteiger partial charge on any atom is -0.481 e. The van der Waals surface area contributed by atoms with Crippen molar-refractivity contribution >= 4 is 47.0 Å². The van der Waals surface area contributed by atoms with Crippen LogP contribution in [0.3, 0.4) is 0 Å². The Bertz CT molecular complexity index is 1030. The molecule has 6 aliphatic heterocycles. The second-order valence-corrected chi connectivity index (χ2v) is 13.9. The van der Waals surface area contributed by atoms with Crippen molar-refractivity contribution in [3.8, 4) is 0 Å². The number of amides is 1. The number of alkyl halides is 2. The first-order valence-electron chi connectivity index (χ1n) is 17.4. The Morgan fingerprint density at radius 3 is 1.48 bits per heavy atom. The van der Waals surface area contributed by atoms with Gasteiger partial charge in [-0.25, -0.2) is 0 Å². The summed E-state index contributed by atoms with van der Waals surface area (Å²) >= 11 is 9.53. The highest BCUT2D eigenvalue weighted by atomic mass is 35.5. The predicted molar refractivity (Wildman–Crippen MR) is 181 cm³/mol. The minimum absolute atomic E-state index is 0.0822. The first kappa shape index (κ1) is 40.7. The molecule has 0 aromatic carbocycles. The summed E-state index contributed by atoms with van der Waals surface area (Å²) in [6.45, 7) is 12.6. The van der Waals surface area contributed by atoms with Crippen LogP contribution in [0.25, 0.3) is 0 Å². The van der Waals surface area contributed by atoms with Crippen LogP contribution in [-0.2, 0) is 38.1 Å².